The Kier molecular flexibility index (Phi) is 12.5. The van der Waals surface area contributed by atoms with Gasteiger partial charge >= 0.3 is 24.3 Å². The van der Waals surface area contributed by atoms with E-state index in [1.165, 1.54) is 36.4 Å². The van der Waals surface area contributed by atoms with Gasteiger partial charge in [0, 0.05) is 23.4 Å². The molecule has 7 N–H and O–H groups in total. The fraction of sp³-hybridized carbons (Fsp3) is 0.259. The molecule has 1 heterocycles. The van der Waals surface area contributed by atoms with Crippen LogP contribution in [0.15, 0.2) is 72.8 Å². The number of alkyl halides is 6. The number of nitrogens with one attached hydrogen (secondary N) is 1. The summed E-state index contributed by atoms with van der Waals surface area (Å²) in [5, 5.41) is 19.5. The first-order valence-corrected chi connectivity index (χ1v) is 13.3. The number of nitrogens with zero attached hydrogens (tertiary/aromatic N) is 1. The third-order valence-corrected chi connectivity index (χ3v) is 7.11. The fourth-order valence-electron chi connectivity index (χ4n) is 3.83. The molecular formula is C27H26F6N4O6S. The SMILES string of the molecule is NC(=O)C1NC2C=CC=CC2S1.NCc1cccc(N(CC(=O)O)C(=O)c2ccccc2)c1C(F)(F)F.O=C(O)C(F)(F)F. The number of fused-ring (bicyclic) bond motifs is 1. The van der Waals surface area contributed by atoms with Crippen LogP contribution in [-0.4, -0.2) is 63.4 Å². The first kappa shape index (κ1) is 35.8. The van der Waals surface area contributed by atoms with Crippen LogP contribution in [0.5, 0.6) is 0 Å². The average molecular weight is 649 g/mol. The standard InChI is InChI=1S/C17H15F3N2O3.C8H10N2OS.C2HF3O2/c18-17(19,20)15-12(9-21)7-4-8-13(15)22(10-14(23)24)16(25)11-5-2-1-3-6-11;9-7(11)8-10-5-3-1-2-4-6(5)12-8;3-2(4,5)1(6)7/h1-8H,9-10,21H2,(H,23,24);1-6,8,10H,(H2,9,11);(H,6,7). The van der Waals surface area contributed by atoms with E-state index in [9.17, 15) is 40.7 Å². The summed E-state index contributed by atoms with van der Waals surface area (Å²) in [6, 6.07) is 11.3. The van der Waals surface area contributed by atoms with Gasteiger partial charge in [-0.25, -0.2) is 4.79 Å². The summed E-state index contributed by atoms with van der Waals surface area (Å²) in [6.07, 6.45) is -1.75. The zero-order valence-corrected chi connectivity index (χ0v) is 23.2. The largest absolute Gasteiger partial charge is 0.490 e. The molecule has 0 aromatic heterocycles. The van der Waals surface area contributed by atoms with Crippen LogP contribution in [-0.2, 0) is 27.1 Å². The molecular weight excluding hydrogens is 622 g/mol. The van der Waals surface area contributed by atoms with Crippen molar-refractivity contribution in [3.05, 3.63) is 89.5 Å². The summed E-state index contributed by atoms with van der Waals surface area (Å²) in [4.78, 5) is 44.1. The van der Waals surface area contributed by atoms with Gasteiger partial charge < -0.3 is 21.7 Å². The van der Waals surface area contributed by atoms with Gasteiger partial charge in [-0.3, -0.25) is 24.6 Å². The number of allylic oxidation sites excluding steroid dienone is 2. The highest BCUT2D eigenvalue weighted by Gasteiger charge is 2.39. The van der Waals surface area contributed by atoms with Crippen LogP contribution in [0.25, 0.3) is 0 Å². The number of hydrogen-bond donors (Lipinski definition) is 5. The minimum atomic E-state index is -5.08. The molecule has 10 nitrogen and oxygen atoms in total. The van der Waals surface area contributed by atoms with Gasteiger partial charge in [0.1, 0.15) is 11.9 Å². The number of benzene rings is 2. The first-order chi connectivity index (χ1) is 20.5. The summed E-state index contributed by atoms with van der Waals surface area (Å²) in [5.41, 5.74) is 8.78. The second-order valence-electron chi connectivity index (χ2n) is 8.81. The van der Waals surface area contributed by atoms with Crippen LogP contribution in [0, 0.1) is 0 Å². The van der Waals surface area contributed by atoms with E-state index in [-0.39, 0.29) is 28.4 Å². The number of rotatable bonds is 6. The molecule has 2 amide bonds. The number of amides is 2. The van der Waals surface area contributed by atoms with Gasteiger partial charge in [-0.05, 0) is 23.8 Å². The van der Waals surface area contributed by atoms with Gasteiger partial charge in [0.25, 0.3) is 5.91 Å². The molecule has 4 rings (SSSR count). The smallest absolute Gasteiger partial charge is 0.480 e. The zero-order chi connectivity index (χ0) is 33.2. The van der Waals surface area contributed by atoms with E-state index in [1.54, 1.807) is 17.8 Å². The third-order valence-electron chi connectivity index (χ3n) is 5.70. The van der Waals surface area contributed by atoms with Gasteiger partial charge in [0.15, 0.2) is 0 Å². The van der Waals surface area contributed by atoms with Crippen molar-refractivity contribution in [1.82, 2.24) is 5.32 Å². The molecule has 2 aromatic carbocycles. The number of carboxylic acids is 2. The molecule has 1 fully saturated rings. The van der Waals surface area contributed by atoms with Crippen molar-refractivity contribution in [3.8, 4) is 0 Å². The van der Waals surface area contributed by atoms with Crippen molar-refractivity contribution in [1.29, 1.82) is 0 Å². The number of nitrogens with two attached hydrogens (primary N) is 2. The Bertz CT molecular complexity index is 1380. The van der Waals surface area contributed by atoms with Crippen LogP contribution in [0.4, 0.5) is 32.0 Å². The Hall–Kier alpha value is -4.35. The quantitative estimate of drug-likeness (QED) is 0.294. The normalized spacial score (nSPS) is 18.6. The van der Waals surface area contributed by atoms with Crippen molar-refractivity contribution in [3.63, 3.8) is 0 Å². The van der Waals surface area contributed by atoms with Crippen LogP contribution in [0.1, 0.15) is 21.5 Å². The molecule has 2 aromatic rings. The monoisotopic (exact) mass is 648 g/mol. The Balaban J connectivity index is 0.000000291. The lowest BCUT2D eigenvalue weighted by molar-refractivity contribution is -0.192. The number of hydrogen-bond acceptors (Lipinski definition) is 7. The minimum Gasteiger partial charge on any atom is -0.480 e. The number of anilines is 1. The molecule has 1 aliphatic carbocycles. The molecule has 17 heteroatoms. The van der Waals surface area contributed by atoms with Gasteiger partial charge in [-0.1, -0.05) is 54.6 Å². The van der Waals surface area contributed by atoms with Crippen LogP contribution in [0.3, 0.4) is 0 Å². The van der Waals surface area contributed by atoms with Crippen molar-refractivity contribution in [2.24, 2.45) is 11.5 Å². The number of halogens is 6. The Morgan fingerprint density at radius 1 is 0.909 bits per heavy atom. The molecule has 0 radical (unpaired) electrons. The van der Waals surface area contributed by atoms with E-state index in [0.717, 1.165) is 6.07 Å². The Morgan fingerprint density at radius 2 is 1.50 bits per heavy atom. The maximum absolute atomic E-state index is 13.5. The van der Waals surface area contributed by atoms with Gasteiger partial charge in [-0.15, -0.1) is 11.8 Å². The molecule has 238 valence electrons. The molecule has 0 saturated carbocycles. The molecule has 1 aliphatic heterocycles. The molecule has 3 atom stereocenters. The van der Waals surface area contributed by atoms with Crippen molar-refractivity contribution in [2.75, 3.05) is 11.4 Å². The number of aliphatic carboxylic acids is 2. The van der Waals surface area contributed by atoms with E-state index in [0.29, 0.717) is 10.1 Å². The molecule has 1 saturated heterocycles. The topological polar surface area (TPSA) is 176 Å². The highest BCUT2D eigenvalue weighted by Crippen LogP contribution is 2.39. The van der Waals surface area contributed by atoms with Crippen molar-refractivity contribution in [2.45, 2.75) is 35.6 Å². The minimum absolute atomic E-state index is 0.0787. The second kappa shape index (κ2) is 15.4. The number of carbonyl (C=O) groups is 4. The number of carbonyl (C=O) groups excluding carboxylic acids is 2. The Morgan fingerprint density at radius 3 is 1.98 bits per heavy atom. The van der Waals surface area contributed by atoms with Crippen molar-refractivity contribution >= 4 is 41.2 Å². The van der Waals surface area contributed by atoms with E-state index < -0.39 is 54.5 Å². The van der Waals surface area contributed by atoms with Crippen LogP contribution >= 0.6 is 11.8 Å². The molecule has 44 heavy (non-hydrogen) atoms. The maximum atomic E-state index is 13.5. The number of carboxylic acid groups (broad SMARTS) is 2. The summed E-state index contributed by atoms with van der Waals surface area (Å²) >= 11 is 1.58. The van der Waals surface area contributed by atoms with Gasteiger partial charge in [-0.2, -0.15) is 26.3 Å². The summed E-state index contributed by atoms with van der Waals surface area (Å²) < 4.78 is 72.3. The fourth-order valence-corrected chi connectivity index (χ4v) is 5.04. The molecule has 0 spiro atoms. The van der Waals surface area contributed by atoms with Crippen LogP contribution in [0.2, 0.25) is 0 Å². The lowest BCUT2D eigenvalue weighted by Crippen LogP contribution is -2.38. The van der Waals surface area contributed by atoms with E-state index in [2.05, 4.69) is 17.5 Å². The lowest BCUT2D eigenvalue weighted by Gasteiger charge is -2.26. The average Bonchev–Trinajstić information content (AvgIpc) is 3.40. The molecule has 2 aliphatic rings. The summed E-state index contributed by atoms with van der Waals surface area (Å²) in [7, 11) is 0. The Labute approximate surface area is 250 Å². The van der Waals surface area contributed by atoms with Crippen molar-refractivity contribution < 1.29 is 55.7 Å². The number of primary amides is 1. The first-order valence-electron chi connectivity index (χ1n) is 12.3. The van der Waals surface area contributed by atoms with E-state index in [1.807, 2.05) is 12.2 Å². The van der Waals surface area contributed by atoms with Gasteiger partial charge in [0.2, 0.25) is 5.91 Å². The second-order valence-corrected chi connectivity index (χ2v) is 10.1. The van der Waals surface area contributed by atoms with Crippen LogP contribution < -0.4 is 21.7 Å². The van der Waals surface area contributed by atoms with Gasteiger partial charge in [0.05, 0.1) is 11.3 Å². The van der Waals surface area contributed by atoms with E-state index in [4.69, 9.17) is 26.5 Å². The molecule has 0 bridgehead atoms. The zero-order valence-electron chi connectivity index (χ0n) is 22.4. The maximum Gasteiger partial charge on any atom is 0.490 e. The van der Waals surface area contributed by atoms with E-state index >= 15 is 0 Å². The highest BCUT2D eigenvalue weighted by atomic mass is 32.2. The highest BCUT2D eigenvalue weighted by molar-refractivity contribution is 8.01. The summed E-state index contributed by atoms with van der Waals surface area (Å²) in [6.45, 7) is -1.31. The predicted octanol–water partition coefficient (Wildman–Crippen LogP) is 3.53. The lowest BCUT2D eigenvalue weighted by atomic mass is 10.0. The predicted molar refractivity (Wildman–Crippen MR) is 148 cm³/mol. The number of thioether (sulfide) groups is 1. The molecule has 3 unspecified atom stereocenters. The third kappa shape index (κ3) is 10.1. The summed E-state index contributed by atoms with van der Waals surface area (Å²) in [5.74, 6) is -5.32.